The summed E-state index contributed by atoms with van der Waals surface area (Å²) in [5.41, 5.74) is 11.0. The largest absolute Gasteiger partial charge is 0.508 e. The molecule has 0 radical (unpaired) electrons. The van der Waals surface area contributed by atoms with Crippen LogP contribution in [-0.2, 0) is 30.4 Å². The fourth-order valence-electron chi connectivity index (χ4n) is 2.41. The third kappa shape index (κ3) is 9.10. The van der Waals surface area contributed by atoms with Crippen LogP contribution in [0.5, 0.6) is 5.75 Å². The highest BCUT2D eigenvalue weighted by Gasteiger charge is 2.29. The van der Waals surface area contributed by atoms with Crippen molar-refractivity contribution in [1.29, 1.82) is 0 Å². The van der Waals surface area contributed by atoms with Gasteiger partial charge in [0.25, 0.3) is 0 Å². The number of primary amides is 1. The number of rotatable bonds is 12. The van der Waals surface area contributed by atoms with Crippen molar-refractivity contribution >= 4 is 29.6 Å². The summed E-state index contributed by atoms with van der Waals surface area (Å²) in [5.74, 6) is -4.96. The Balaban J connectivity index is 3.02. The number of aliphatic hydroxyl groups excluding tert-OH is 1. The first-order valence-corrected chi connectivity index (χ1v) is 9.06. The maximum atomic E-state index is 12.6. The number of amides is 4. The second kappa shape index (κ2) is 12.1. The zero-order valence-corrected chi connectivity index (χ0v) is 16.4. The van der Waals surface area contributed by atoms with Gasteiger partial charge < -0.3 is 42.7 Å². The number of aliphatic carboxylic acids is 1. The number of hydrogen-bond acceptors (Lipinski definition) is 8. The zero-order valence-electron chi connectivity index (χ0n) is 16.4. The highest BCUT2D eigenvalue weighted by molar-refractivity contribution is 5.96. The SMILES string of the molecule is NC(=O)CC(NC(=O)C(N)CO)C(=O)NC(Cc1ccc(O)cc1)C(=O)NCC(=O)O. The molecule has 31 heavy (non-hydrogen) atoms. The molecule has 4 amide bonds. The summed E-state index contributed by atoms with van der Waals surface area (Å²) < 4.78 is 0. The Labute approximate surface area is 176 Å². The van der Waals surface area contributed by atoms with E-state index in [1.54, 1.807) is 0 Å². The number of aliphatic hydroxyl groups is 1. The fraction of sp³-hybridized carbons (Fsp3) is 0.389. The van der Waals surface area contributed by atoms with E-state index in [0.29, 0.717) is 5.56 Å². The standard InChI is InChI=1S/C18H25N5O8/c19-11(8-24)16(29)22-13(6-14(20)26)18(31)23-12(17(30)21-7-15(27)28)5-9-1-3-10(25)4-2-9/h1-4,11-13,24-25H,5-8,19H2,(H2,20,26)(H,21,30)(H,22,29)(H,23,31)(H,27,28). The van der Waals surface area contributed by atoms with Crippen LogP contribution in [-0.4, -0.2) is 76.2 Å². The van der Waals surface area contributed by atoms with Gasteiger partial charge in [0, 0.05) is 6.42 Å². The van der Waals surface area contributed by atoms with Crippen molar-refractivity contribution in [2.24, 2.45) is 11.5 Å². The van der Waals surface area contributed by atoms with E-state index in [1.807, 2.05) is 0 Å². The maximum absolute atomic E-state index is 12.6. The number of phenols is 1. The van der Waals surface area contributed by atoms with Gasteiger partial charge in [0.15, 0.2) is 0 Å². The Kier molecular flexibility index (Phi) is 9.88. The molecule has 0 heterocycles. The van der Waals surface area contributed by atoms with Crippen molar-refractivity contribution in [2.75, 3.05) is 13.2 Å². The molecule has 3 atom stereocenters. The van der Waals surface area contributed by atoms with Crippen LogP contribution in [0.15, 0.2) is 24.3 Å². The average Bonchev–Trinajstić information content (AvgIpc) is 2.71. The maximum Gasteiger partial charge on any atom is 0.322 e. The number of carboxylic acids is 1. The smallest absolute Gasteiger partial charge is 0.322 e. The summed E-state index contributed by atoms with van der Waals surface area (Å²) >= 11 is 0. The first kappa shape index (κ1) is 25.3. The lowest BCUT2D eigenvalue weighted by atomic mass is 10.0. The van der Waals surface area contributed by atoms with Gasteiger partial charge in [-0.15, -0.1) is 0 Å². The molecular formula is C18H25N5O8. The molecule has 1 rings (SSSR count). The molecule has 13 nitrogen and oxygen atoms in total. The van der Waals surface area contributed by atoms with E-state index >= 15 is 0 Å². The Morgan fingerprint density at radius 1 is 0.935 bits per heavy atom. The molecule has 13 heteroatoms. The van der Waals surface area contributed by atoms with Gasteiger partial charge in [-0.05, 0) is 17.7 Å². The summed E-state index contributed by atoms with van der Waals surface area (Å²) in [5, 5.41) is 33.7. The zero-order chi connectivity index (χ0) is 23.6. The lowest BCUT2D eigenvalue weighted by molar-refractivity contribution is -0.138. The number of carbonyl (C=O) groups excluding carboxylic acids is 4. The van der Waals surface area contributed by atoms with Crippen LogP contribution in [0, 0.1) is 0 Å². The highest BCUT2D eigenvalue weighted by atomic mass is 16.4. The molecule has 0 saturated heterocycles. The lowest BCUT2D eigenvalue weighted by Crippen LogP contribution is -2.57. The van der Waals surface area contributed by atoms with Crippen molar-refractivity contribution in [1.82, 2.24) is 16.0 Å². The van der Waals surface area contributed by atoms with Gasteiger partial charge >= 0.3 is 5.97 Å². The molecule has 3 unspecified atom stereocenters. The lowest BCUT2D eigenvalue weighted by Gasteiger charge is -2.23. The van der Waals surface area contributed by atoms with Crippen LogP contribution in [0.2, 0.25) is 0 Å². The summed E-state index contributed by atoms with van der Waals surface area (Å²) in [7, 11) is 0. The van der Waals surface area contributed by atoms with Crippen molar-refractivity contribution in [3.63, 3.8) is 0 Å². The Hall–Kier alpha value is -3.71. The van der Waals surface area contributed by atoms with Gasteiger partial charge in [0.05, 0.1) is 13.0 Å². The number of hydrogen-bond donors (Lipinski definition) is 8. The Morgan fingerprint density at radius 2 is 1.52 bits per heavy atom. The second-order valence-corrected chi connectivity index (χ2v) is 6.56. The summed E-state index contributed by atoms with van der Waals surface area (Å²) in [6.07, 6.45) is -0.705. The number of nitrogens with two attached hydrogens (primary N) is 2. The number of nitrogens with one attached hydrogen (secondary N) is 3. The van der Waals surface area contributed by atoms with Crippen molar-refractivity contribution in [3.05, 3.63) is 29.8 Å². The quantitative estimate of drug-likeness (QED) is 0.160. The number of phenolic OH excluding ortho intramolecular Hbond substituents is 1. The average molecular weight is 439 g/mol. The van der Waals surface area contributed by atoms with E-state index in [2.05, 4.69) is 16.0 Å². The van der Waals surface area contributed by atoms with Gasteiger partial charge in [-0.2, -0.15) is 0 Å². The second-order valence-electron chi connectivity index (χ2n) is 6.56. The minimum atomic E-state index is -1.49. The molecule has 0 aliphatic heterocycles. The molecule has 0 bridgehead atoms. The predicted molar refractivity (Wildman–Crippen MR) is 105 cm³/mol. The number of aromatic hydroxyl groups is 1. The fourth-order valence-corrected chi connectivity index (χ4v) is 2.41. The molecule has 10 N–H and O–H groups in total. The monoisotopic (exact) mass is 439 g/mol. The summed E-state index contributed by atoms with van der Waals surface area (Å²) in [4.78, 5) is 59.0. The van der Waals surface area contributed by atoms with Crippen LogP contribution < -0.4 is 27.4 Å². The number of benzene rings is 1. The topological polar surface area (TPSA) is 234 Å². The van der Waals surface area contributed by atoms with Crippen LogP contribution in [0.1, 0.15) is 12.0 Å². The summed E-state index contributed by atoms with van der Waals surface area (Å²) in [6.45, 7) is -1.41. The van der Waals surface area contributed by atoms with Crippen LogP contribution in [0.3, 0.4) is 0 Å². The van der Waals surface area contributed by atoms with E-state index in [4.69, 9.17) is 21.7 Å². The van der Waals surface area contributed by atoms with E-state index < -0.39 is 67.3 Å². The molecule has 0 aliphatic carbocycles. The van der Waals surface area contributed by atoms with Crippen LogP contribution in [0.25, 0.3) is 0 Å². The minimum Gasteiger partial charge on any atom is -0.508 e. The third-order valence-corrected chi connectivity index (χ3v) is 3.99. The van der Waals surface area contributed by atoms with Crippen LogP contribution >= 0.6 is 0 Å². The number of carboxylic acid groups (broad SMARTS) is 1. The van der Waals surface area contributed by atoms with Crippen molar-refractivity contribution in [2.45, 2.75) is 31.0 Å². The summed E-state index contributed by atoms with van der Waals surface area (Å²) in [6, 6.07) is 1.57. The molecule has 1 aromatic carbocycles. The molecule has 0 fully saturated rings. The predicted octanol–water partition coefficient (Wildman–Crippen LogP) is -3.70. The van der Waals surface area contributed by atoms with Crippen molar-refractivity contribution < 1.29 is 39.3 Å². The van der Waals surface area contributed by atoms with E-state index in [9.17, 15) is 29.1 Å². The van der Waals surface area contributed by atoms with Crippen LogP contribution in [0.4, 0.5) is 0 Å². The van der Waals surface area contributed by atoms with Crippen molar-refractivity contribution in [3.8, 4) is 5.75 Å². The van der Waals surface area contributed by atoms with E-state index in [-0.39, 0.29) is 12.2 Å². The normalized spacial score (nSPS) is 13.4. The Bertz CT molecular complexity index is 814. The molecule has 1 aromatic rings. The van der Waals surface area contributed by atoms with Gasteiger partial charge in [0.1, 0.15) is 30.4 Å². The van der Waals surface area contributed by atoms with Gasteiger partial charge in [0.2, 0.25) is 23.6 Å². The van der Waals surface area contributed by atoms with Gasteiger partial charge in [-0.25, -0.2) is 0 Å². The first-order chi connectivity index (χ1) is 14.5. The molecule has 0 aliphatic rings. The van der Waals surface area contributed by atoms with Gasteiger partial charge in [-0.1, -0.05) is 12.1 Å². The molecule has 0 aromatic heterocycles. The first-order valence-electron chi connectivity index (χ1n) is 9.06. The highest BCUT2D eigenvalue weighted by Crippen LogP contribution is 2.11. The van der Waals surface area contributed by atoms with Gasteiger partial charge in [-0.3, -0.25) is 24.0 Å². The van der Waals surface area contributed by atoms with E-state index in [0.717, 1.165) is 0 Å². The van der Waals surface area contributed by atoms with E-state index in [1.165, 1.54) is 24.3 Å². The minimum absolute atomic E-state index is 0.0240. The Morgan fingerprint density at radius 3 is 2.03 bits per heavy atom. The molecule has 0 spiro atoms. The number of carbonyl (C=O) groups is 5. The molecule has 0 saturated carbocycles. The third-order valence-electron chi connectivity index (χ3n) is 3.99. The molecule has 170 valence electrons. The molecular weight excluding hydrogens is 414 g/mol.